The van der Waals surface area contributed by atoms with E-state index in [0.29, 0.717) is 0 Å². The zero-order valence-corrected chi connectivity index (χ0v) is 15.1. The highest BCUT2D eigenvalue weighted by Crippen LogP contribution is 2.40. The van der Waals surface area contributed by atoms with Crippen molar-refractivity contribution in [2.45, 2.75) is 42.6 Å². The van der Waals surface area contributed by atoms with Crippen LogP contribution < -0.4 is 0 Å². The van der Waals surface area contributed by atoms with Gasteiger partial charge in [0.15, 0.2) is 0 Å². The van der Waals surface area contributed by atoms with Gasteiger partial charge in [0.1, 0.15) is 12.5 Å². The number of carbonyl (C=O) groups excluding carboxylic acids is 2. The second-order valence-corrected chi connectivity index (χ2v) is 6.95. The highest BCUT2D eigenvalue weighted by atomic mass is 32.2. The second-order valence-electron chi connectivity index (χ2n) is 5.87. The first-order valence-corrected chi connectivity index (χ1v) is 9.12. The fourth-order valence-electron chi connectivity index (χ4n) is 2.80. The molecule has 0 amide bonds. The van der Waals surface area contributed by atoms with E-state index in [4.69, 9.17) is 9.47 Å². The van der Waals surface area contributed by atoms with Crippen LogP contribution >= 0.6 is 11.8 Å². The third kappa shape index (κ3) is 4.23. The maximum Gasteiger partial charge on any atom is 0.317 e. The van der Waals surface area contributed by atoms with E-state index in [-0.39, 0.29) is 13.0 Å². The first-order chi connectivity index (χ1) is 12.1. The Bertz CT molecular complexity index is 800. The van der Waals surface area contributed by atoms with Gasteiger partial charge in [-0.25, -0.2) is 0 Å². The Morgan fingerprint density at radius 3 is 2.64 bits per heavy atom. The molecule has 1 aliphatic rings. The number of ether oxygens (including phenoxy) is 2. The van der Waals surface area contributed by atoms with Gasteiger partial charge < -0.3 is 9.47 Å². The van der Waals surface area contributed by atoms with E-state index >= 15 is 0 Å². The Morgan fingerprint density at radius 1 is 1.08 bits per heavy atom. The molecule has 2 aromatic rings. The molecule has 1 aliphatic heterocycles. The molecule has 25 heavy (non-hydrogen) atoms. The number of rotatable bonds is 5. The van der Waals surface area contributed by atoms with Gasteiger partial charge in [0, 0.05) is 9.79 Å². The summed E-state index contributed by atoms with van der Waals surface area (Å²) in [5.74, 6) is -1.12. The Morgan fingerprint density at radius 2 is 1.84 bits per heavy atom. The molecule has 0 saturated carbocycles. The van der Waals surface area contributed by atoms with E-state index in [2.05, 4.69) is 30.3 Å². The van der Waals surface area contributed by atoms with Crippen molar-refractivity contribution in [1.29, 1.82) is 0 Å². The quantitative estimate of drug-likeness (QED) is 0.504. The first kappa shape index (κ1) is 17.5. The summed E-state index contributed by atoms with van der Waals surface area (Å²) in [5, 5.41) is 0. The summed E-state index contributed by atoms with van der Waals surface area (Å²) in [6, 6.07) is 14.5. The van der Waals surface area contributed by atoms with Crippen molar-refractivity contribution in [3.05, 3.63) is 59.2 Å². The zero-order chi connectivity index (χ0) is 17.8. The van der Waals surface area contributed by atoms with Crippen LogP contribution in [0.3, 0.4) is 0 Å². The van der Waals surface area contributed by atoms with Crippen molar-refractivity contribution in [3.63, 3.8) is 0 Å². The van der Waals surface area contributed by atoms with Crippen LogP contribution in [-0.4, -0.2) is 18.5 Å². The number of hydrogen-bond donors (Lipinski definition) is 0. The molecule has 3 rings (SSSR count). The van der Waals surface area contributed by atoms with Crippen molar-refractivity contribution in [2.24, 2.45) is 0 Å². The summed E-state index contributed by atoms with van der Waals surface area (Å²) in [6.45, 7) is 3.77. The van der Waals surface area contributed by atoms with Gasteiger partial charge >= 0.3 is 11.9 Å². The Kier molecular flexibility index (Phi) is 5.43. The van der Waals surface area contributed by atoms with Gasteiger partial charge in [-0.15, -0.1) is 0 Å². The lowest BCUT2D eigenvalue weighted by molar-refractivity contribution is -0.157. The largest absolute Gasteiger partial charge is 0.466 e. The molecule has 0 N–H and O–H groups in total. The zero-order valence-electron chi connectivity index (χ0n) is 14.3. The van der Waals surface area contributed by atoms with Crippen LogP contribution in [0.15, 0.2) is 52.3 Å². The molecule has 1 unspecified atom stereocenters. The second kappa shape index (κ2) is 7.74. The first-order valence-electron chi connectivity index (χ1n) is 8.30. The molecule has 0 saturated heterocycles. The molecule has 0 bridgehead atoms. The van der Waals surface area contributed by atoms with E-state index in [0.717, 1.165) is 12.0 Å². The molecule has 130 valence electrons. The van der Waals surface area contributed by atoms with Gasteiger partial charge in [-0.2, -0.15) is 0 Å². The lowest BCUT2D eigenvalue weighted by Gasteiger charge is -2.21. The Balaban J connectivity index is 1.68. The van der Waals surface area contributed by atoms with Gasteiger partial charge in [0.2, 0.25) is 0 Å². The molecule has 0 aromatic heterocycles. The summed E-state index contributed by atoms with van der Waals surface area (Å²) in [6.07, 6.45) is 0.108. The minimum atomic E-state index is -0.566. The van der Waals surface area contributed by atoms with Gasteiger partial charge in [0.05, 0.1) is 6.61 Å². The average molecular weight is 356 g/mol. The molecule has 0 fully saturated rings. The molecule has 0 radical (unpaired) electrons. The SMILES string of the molecule is CCOC(=O)CC(=O)OC(C)c1ccc2c(c1)Cc1ccccc1S2. The summed E-state index contributed by atoms with van der Waals surface area (Å²) in [4.78, 5) is 25.7. The number of benzene rings is 2. The van der Waals surface area contributed by atoms with Crippen LogP contribution in [0.4, 0.5) is 0 Å². The number of carbonyl (C=O) groups is 2. The van der Waals surface area contributed by atoms with Crippen LogP contribution in [0.1, 0.15) is 43.1 Å². The molecule has 1 atom stereocenters. The van der Waals surface area contributed by atoms with E-state index in [1.54, 1.807) is 18.7 Å². The maximum absolute atomic E-state index is 11.8. The molecule has 1 heterocycles. The highest BCUT2D eigenvalue weighted by Gasteiger charge is 2.20. The van der Waals surface area contributed by atoms with Gasteiger partial charge in [-0.3, -0.25) is 9.59 Å². The van der Waals surface area contributed by atoms with Crippen molar-refractivity contribution in [3.8, 4) is 0 Å². The lowest BCUT2D eigenvalue weighted by atomic mass is 10.0. The van der Waals surface area contributed by atoms with E-state index in [1.807, 2.05) is 19.1 Å². The number of fused-ring (bicyclic) bond motifs is 2. The van der Waals surface area contributed by atoms with E-state index in [1.165, 1.54) is 20.9 Å². The van der Waals surface area contributed by atoms with Crippen LogP contribution in [0, 0.1) is 0 Å². The van der Waals surface area contributed by atoms with Crippen molar-refractivity contribution in [1.82, 2.24) is 0 Å². The van der Waals surface area contributed by atoms with Crippen LogP contribution in [0.5, 0.6) is 0 Å². The third-order valence-electron chi connectivity index (χ3n) is 4.03. The van der Waals surface area contributed by atoms with E-state index < -0.39 is 18.0 Å². The van der Waals surface area contributed by atoms with Crippen LogP contribution in [-0.2, 0) is 25.5 Å². The topological polar surface area (TPSA) is 52.6 Å². The summed E-state index contributed by atoms with van der Waals surface area (Å²) in [5.41, 5.74) is 3.47. The summed E-state index contributed by atoms with van der Waals surface area (Å²) >= 11 is 1.76. The van der Waals surface area contributed by atoms with Crippen molar-refractivity contribution < 1.29 is 19.1 Å². The fraction of sp³-hybridized carbons (Fsp3) is 0.300. The number of esters is 2. The smallest absolute Gasteiger partial charge is 0.317 e. The molecule has 5 heteroatoms. The predicted octanol–water partition coefficient (Wildman–Crippen LogP) is 4.30. The highest BCUT2D eigenvalue weighted by molar-refractivity contribution is 7.99. The van der Waals surface area contributed by atoms with Crippen LogP contribution in [0.2, 0.25) is 0 Å². The molecule has 4 nitrogen and oxygen atoms in total. The lowest BCUT2D eigenvalue weighted by Crippen LogP contribution is -2.15. The van der Waals surface area contributed by atoms with Gasteiger partial charge in [0.25, 0.3) is 0 Å². The number of hydrogen-bond acceptors (Lipinski definition) is 5. The third-order valence-corrected chi connectivity index (χ3v) is 5.27. The van der Waals surface area contributed by atoms with E-state index in [9.17, 15) is 9.59 Å². The summed E-state index contributed by atoms with van der Waals surface area (Å²) < 4.78 is 10.1. The summed E-state index contributed by atoms with van der Waals surface area (Å²) in [7, 11) is 0. The minimum Gasteiger partial charge on any atom is -0.466 e. The Hall–Kier alpha value is -2.27. The maximum atomic E-state index is 11.8. The van der Waals surface area contributed by atoms with Gasteiger partial charge in [-0.1, -0.05) is 42.1 Å². The minimum absolute atomic E-state index is 0.256. The average Bonchev–Trinajstić information content (AvgIpc) is 2.59. The molecular weight excluding hydrogens is 336 g/mol. The molecule has 0 spiro atoms. The van der Waals surface area contributed by atoms with Gasteiger partial charge in [-0.05, 0) is 49.1 Å². The predicted molar refractivity (Wildman–Crippen MR) is 95.6 cm³/mol. The molecule has 2 aromatic carbocycles. The van der Waals surface area contributed by atoms with Crippen LogP contribution in [0.25, 0.3) is 0 Å². The fourth-order valence-corrected chi connectivity index (χ4v) is 3.85. The van der Waals surface area contributed by atoms with Crippen molar-refractivity contribution >= 4 is 23.7 Å². The monoisotopic (exact) mass is 356 g/mol. The normalized spacial score (nSPS) is 13.4. The molecule has 0 aliphatic carbocycles. The molecular formula is C20H20O4S. The Labute approximate surface area is 151 Å². The standard InChI is InChI=1S/C20H20O4S/c1-3-23-19(21)12-20(22)24-13(2)14-8-9-18-16(10-14)11-15-6-4-5-7-17(15)25-18/h4-10,13H,3,11-12H2,1-2H3. The van der Waals surface area contributed by atoms with Crippen molar-refractivity contribution in [2.75, 3.05) is 6.61 Å².